The van der Waals surface area contributed by atoms with Crippen molar-refractivity contribution in [2.24, 2.45) is 0 Å². The smallest absolute Gasteiger partial charge is 0.257 e. The molecule has 5 nitrogen and oxygen atoms in total. The Balaban J connectivity index is 1.87. The lowest BCUT2D eigenvalue weighted by atomic mass is 10.2. The number of nitrogens with one attached hydrogen (secondary N) is 1. The van der Waals surface area contributed by atoms with Gasteiger partial charge in [-0.3, -0.25) is 9.78 Å². The molecule has 0 aliphatic rings. The third kappa shape index (κ3) is 2.30. The van der Waals surface area contributed by atoms with Gasteiger partial charge in [0.2, 0.25) is 0 Å². The van der Waals surface area contributed by atoms with Gasteiger partial charge in [0, 0.05) is 24.8 Å². The van der Waals surface area contributed by atoms with Crippen molar-refractivity contribution in [2.75, 3.05) is 5.32 Å². The molecule has 0 spiro atoms. The second-order valence-corrected chi connectivity index (χ2v) is 4.26. The van der Waals surface area contributed by atoms with Crippen molar-refractivity contribution in [1.82, 2.24) is 14.4 Å². The van der Waals surface area contributed by atoms with Crippen LogP contribution in [-0.4, -0.2) is 20.3 Å². The van der Waals surface area contributed by atoms with Gasteiger partial charge in [-0.1, -0.05) is 0 Å². The molecule has 3 rings (SSSR count). The number of aryl methyl sites for hydroxylation is 1. The SMILES string of the molecule is Cc1cn2cc(NC(=O)c3cccnc3)ccc2n1. The van der Waals surface area contributed by atoms with Crippen LogP contribution in [0.3, 0.4) is 0 Å². The first kappa shape index (κ1) is 11.4. The molecule has 1 amide bonds. The van der Waals surface area contributed by atoms with Gasteiger partial charge in [0.1, 0.15) is 5.65 Å². The Bertz CT molecular complexity index is 734. The molecule has 0 saturated carbocycles. The number of anilines is 1. The summed E-state index contributed by atoms with van der Waals surface area (Å²) in [5, 5.41) is 2.83. The Hall–Kier alpha value is -2.69. The zero-order valence-corrected chi connectivity index (χ0v) is 10.4. The molecule has 3 aromatic rings. The molecule has 94 valence electrons. The van der Waals surface area contributed by atoms with Crippen molar-refractivity contribution in [3.05, 3.63) is 60.3 Å². The van der Waals surface area contributed by atoms with E-state index in [0.717, 1.165) is 17.0 Å². The Morgan fingerprint density at radius 1 is 1.26 bits per heavy atom. The highest BCUT2D eigenvalue weighted by molar-refractivity contribution is 6.03. The lowest BCUT2D eigenvalue weighted by molar-refractivity contribution is 0.102. The van der Waals surface area contributed by atoms with E-state index in [0.29, 0.717) is 5.56 Å². The molecule has 0 radical (unpaired) electrons. The number of amides is 1. The van der Waals surface area contributed by atoms with Gasteiger partial charge >= 0.3 is 0 Å². The first-order valence-corrected chi connectivity index (χ1v) is 5.89. The number of pyridine rings is 2. The number of imidazole rings is 1. The highest BCUT2D eigenvalue weighted by atomic mass is 16.1. The molecule has 0 unspecified atom stereocenters. The Morgan fingerprint density at radius 3 is 2.95 bits per heavy atom. The van der Waals surface area contributed by atoms with Crippen LogP contribution in [-0.2, 0) is 0 Å². The highest BCUT2D eigenvalue weighted by Gasteiger charge is 2.06. The van der Waals surface area contributed by atoms with Crippen LogP contribution in [0.25, 0.3) is 5.65 Å². The summed E-state index contributed by atoms with van der Waals surface area (Å²) in [6, 6.07) is 7.15. The Kier molecular flexibility index (Phi) is 2.72. The fourth-order valence-electron chi connectivity index (χ4n) is 1.89. The van der Waals surface area contributed by atoms with Crippen LogP contribution in [0.4, 0.5) is 5.69 Å². The van der Waals surface area contributed by atoms with E-state index in [-0.39, 0.29) is 5.91 Å². The lowest BCUT2D eigenvalue weighted by Gasteiger charge is -2.05. The molecule has 3 aromatic heterocycles. The van der Waals surface area contributed by atoms with Crippen LogP contribution in [0.15, 0.2) is 49.1 Å². The third-order valence-corrected chi connectivity index (χ3v) is 2.75. The molecule has 0 aliphatic carbocycles. The van der Waals surface area contributed by atoms with E-state index in [1.807, 2.05) is 35.9 Å². The number of rotatable bonds is 2. The monoisotopic (exact) mass is 252 g/mol. The van der Waals surface area contributed by atoms with Crippen molar-refractivity contribution >= 4 is 17.2 Å². The van der Waals surface area contributed by atoms with E-state index < -0.39 is 0 Å². The summed E-state index contributed by atoms with van der Waals surface area (Å²) in [7, 11) is 0. The number of carbonyl (C=O) groups is 1. The summed E-state index contributed by atoms with van der Waals surface area (Å²) in [4.78, 5) is 20.2. The van der Waals surface area contributed by atoms with E-state index in [2.05, 4.69) is 15.3 Å². The van der Waals surface area contributed by atoms with Gasteiger partial charge in [-0.15, -0.1) is 0 Å². The summed E-state index contributed by atoms with van der Waals surface area (Å²) in [6.45, 7) is 1.93. The zero-order valence-electron chi connectivity index (χ0n) is 10.4. The Morgan fingerprint density at radius 2 is 2.16 bits per heavy atom. The lowest BCUT2D eigenvalue weighted by Crippen LogP contribution is -2.12. The second-order valence-electron chi connectivity index (χ2n) is 4.26. The molecular weight excluding hydrogens is 240 g/mol. The summed E-state index contributed by atoms with van der Waals surface area (Å²) >= 11 is 0. The van der Waals surface area contributed by atoms with Gasteiger partial charge in [0.15, 0.2) is 0 Å². The Labute approximate surface area is 109 Å². The van der Waals surface area contributed by atoms with Crippen molar-refractivity contribution in [2.45, 2.75) is 6.92 Å². The number of nitrogens with zero attached hydrogens (tertiary/aromatic N) is 3. The van der Waals surface area contributed by atoms with Gasteiger partial charge in [0.25, 0.3) is 5.91 Å². The van der Waals surface area contributed by atoms with E-state index in [1.165, 1.54) is 6.20 Å². The largest absolute Gasteiger partial charge is 0.321 e. The van der Waals surface area contributed by atoms with Gasteiger partial charge in [0.05, 0.1) is 16.9 Å². The van der Waals surface area contributed by atoms with E-state index >= 15 is 0 Å². The van der Waals surface area contributed by atoms with Crippen LogP contribution in [0.2, 0.25) is 0 Å². The molecule has 0 bridgehead atoms. The van der Waals surface area contributed by atoms with Crippen LogP contribution in [0.1, 0.15) is 16.1 Å². The fraction of sp³-hybridized carbons (Fsp3) is 0.0714. The molecule has 0 saturated heterocycles. The predicted octanol–water partition coefficient (Wildman–Crippen LogP) is 2.29. The first-order chi connectivity index (χ1) is 9.22. The summed E-state index contributed by atoms with van der Waals surface area (Å²) < 4.78 is 1.88. The number of hydrogen-bond acceptors (Lipinski definition) is 3. The molecule has 0 fully saturated rings. The number of hydrogen-bond donors (Lipinski definition) is 1. The third-order valence-electron chi connectivity index (χ3n) is 2.75. The molecule has 5 heteroatoms. The van der Waals surface area contributed by atoms with Crippen LogP contribution in [0.5, 0.6) is 0 Å². The van der Waals surface area contributed by atoms with Gasteiger partial charge in [-0.05, 0) is 31.2 Å². The quantitative estimate of drug-likeness (QED) is 0.761. The highest BCUT2D eigenvalue weighted by Crippen LogP contribution is 2.12. The molecule has 0 aromatic carbocycles. The number of aromatic nitrogens is 3. The number of carbonyl (C=O) groups excluding carboxylic acids is 1. The van der Waals surface area contributed by atoms with Crippen molar-refractivity contribution < 1.29 is 4.79 Å². The maximum Gasteiger partial charge on any atom is 0.257 e. The second kappa shape index (κ2) is 4.53. The molecular formula is C14H12N4O. The standard InChI is InChI=1S/C14H12N4O/c1-10-8-18-9-12(4-5-13(18)16-10)17-14(19)11-3-2-6-15-7-11/h2-9H,1H3,(H,17,19). The summed E-state index contributed by atoms with van der Waals surface area (Å²) in [5.41, 5.74) is 3.05. The molecule has 19 heavy (non-hydrogen) atoms. The van der Waals surface area contributed by atoms with Crippen molar-refractivity contribution in [3.8, 4) is 0 Å². The van der Waals surface area contributed by atoms with Crippen molar-refractivity contribution in [1.29, 1.82) is 0 Å². The molecule has 0 aliphatic heterocycles. The van der Waals surface area contributed by atoms with Gasteiger partial charge in [-0.25, -0.2) is 4.98 Å². The predicted molar refractivity (Wildman–Crippen MR) is 72.1 cm³/mol. The van der Waals surface area contributed by atoms with Crippen LogP contribution in [0, 0.1) is 6.92 Å². The number of fused-ring (bicyclic) bond motifs is 1. The maximum absolute atomic E-state index is 12.0. The van der Waals surface area contributed by atoms with E-state index in [4.69, 9.17) is 0 Å². The minimum absolute atomic E-state index is 0.177. The normalized spacial score (nSPS) is 10.6. The summed E-state index contributed by atoms with van der Waals surface area (Å²) in [5.74, 6) is -0.177. The average Bonchev–Trinajstić information content (AvgIpc) is 2.79. The van der Waals surface area contributed by atoms with Crippen LogP contribution < -0.4 is 5.32 Å². The van der Waals surface area contributed by atoms with Crippen molar-refractivity contribution in [3.63, 3.8) is 0 Å². The summed E-state index contributed by atoms with van der Waals surface area (Å²) in [6.07, 6.45) is 6.92. The minimum atomic E-state index is -0.177. The van der Waals surface area contributed by atoms with E-state index in [1.54, 1.807) is 18.3 Å². The zero-order chi connectivity index (χ0) is 13.2. The topological polar surface area (TPSA) is 59.3 Å². The average molecular weight is 252 g/mol. The van der Waals surface area contributed by atoms with Gasteiger partial charge < -0.3 is 9.72 Å². The molecule has 0 atom stereocenters. The molecule has 1 N–H and O–H groups in total. The molecule has 3 heterocycles. The maximum atomic E-state index is 12.0. The van der Waals surface area contributed by atoms with Crippen LogP contribution >= 0.6 is 0 Å². The first-order valence-electron chi connectivity index (χ1n) is 5.89. The van der Waals surface area contributed by atoms with Gasteiger partial charge in [-0.2, -0.15) is 0 Å². The minimum Gasteiger partial charge on any atom is -0.321 e. The fourth-order valence-corrected chi connectivity index (χ4v) is 1.89. The van der Waals surface area contributed by atoms with E-state index in [9.17, 15) is 4.79 Å².